The first-order valence-corrected chi connectivity index (χ1v) is 5.43. The monoisotopic (exact) mass is 227 g/mol. The second-order valence-corrected chi connectivity index (χ2v) is 3.56. The van der Waals surface area contributed by atoms with Crippen LogP contribution >= 0.6 is 0 Å². The fourth-order valence-electron chi connectivity index (χ4n) is 1.57. The highest BCUT2D eigenvalue weighted by atomic mass is 15.1. The van der Waals surface area contributed by atoms with Crippen LogP contribution < -0.4 is 5.32 Å². The Hall–Kier alpha value is -2.19. The van der Waals surface area contributed by atoms with E-state index in [-0.39, 0.29) is 0 Å². The van der Waals surface area contributed by atoms with E-state index in [1.165, 1.54) is 0 Å². The number of aromatic nitrogens is 3. The molecule has 0 radical (unpaired) electrons. The van der Waals surface area contributed by atoms with E-state index in [0.29, 0.717) is 5.82 Å². The SMILES string of the molecule is CCNCc1cncc(-n2ccnc2C#N)c1. The molecule has 2 aromatic rings. The van der Waals surface area contributed by atoms with Crippen LogP contribution in [0.1, 0.15) is 18.3 Å². The van der Waals surface area contributed by atoms with Crippen molar-refractivity contribution in [1.29, 1.82) is 5.26 Å². The molecule has 0 bridgehead atoms. The van der Waals surface area contributed by atoms with Gasteiger partial charge in [0.2, 0.25) is 5.82 Å². The van der Waals surface area contributed by atoms with Gasteiger partial charge in [-0.05, 0) is 18.2 Å². The molecule has 0 aliphatic carbocycles. The minimum atomic E-state index is 0.368. The summed E-state index contributed by atoms with van der Waals surface area (Å²) in [5.41, 5.74) is 1.94. The molecule has 17 heavy (non-hydrogen) atoms. The fraction of sp³-hybridized carbons (Fsp3) is 0.250. The van der Waals surface area contributed by atoms with Crippen LogP contribution in [0.2, 0.25) is 0 Å². The van der Waals surface area contributed by atoms with E-state index in [1.807, 2.05) is 18.3 Å². The largest absolute Gasteiger partial charge is 0.313 e. The summed E-state index contributed by atoms with van der Waals surface area (Å²) in [5, 5.41) is 12.1. The Morgan fingerprint density at radius 3 is 3.12 bits per heavy atom. The van der Waals surface area contributed by atoms with Crippen molar-refractivity contribution in [2.45, 2.75) is 13.5 Å². The molecule has 2 rings (SSSR count). The van der Waals surface area contributed by atoms with E-state index in [9.17, 15) is 0 Å². The second-order valence-electron chi connectivity index (χ2n) is 3.56. The van der Waals surface area contributed by atoms with Crippen LogP contribution in [0.25, 0.3) is 5.69 Å². The molecule has 2 heterocycles. The third kappa shape index (κ3) is 2.49. The predicted molar refractivity (Wildman–Crippen MR) is 63.5 cm³/mol. The number of nitrogens with zero attached hydrogens (tertiary/aromatic N) is 4. The zero-order valence-corrected chi connectivity index (χ0v) is 9.59. The summed E-state index contributed by atoms with van der Waals surface area (Å²) in [4.78, 5) is 8.13. The van der Waals surface area contributed by atoms with Gasteiger partial charge in [0.1, 0.15) is 6.07 Å². The van der Waals surface area contributed by atoms with E-state index in [0.717, 1.165) is 24.3 Å². The summed E-state index contributed by atoms with van der Waals surface area (Å²) in [6, 6.07) is 4.04. The Kier molecular flexibility index (Phi) is 3.48. The second kappa shape index (κ2) is 5.23. The van der Waals surface area contributed by atoms with Crippen molar-refractivity contribution in [2.75, 3.05) is 6.54 Å². The van der Waals surface area contributed by atoms with Crippen LogP contribution in [0.5, 0.6) is 0 Å². The summed E-state index contributed by atoms with van der Waals surface area (Å²) in [7, 11) is 0. The Morgan fingerprint density at radius 1 is 1.47 bits per heavy atom. The first-order valence-electron chi connectivity index (χ1n) is 5.43. The molecule has 0 aromatic carbocycles. The summed E-state index contributed by atoms with van der Waals surface area (Å²) in [5.74, 6) is 0.368. The molecular weight excluding hydrogens is 214 g/mol. The maximum absolute atomic E-state index is 8.91. The van der Waals surface area contributed by atoms with Gasteiger partial charge in [0.25, 0.3) is 0 Å². The van der Waals surface area contributed by atoms with E-state index < -0.39 is 0 Å². The highest BCUT2D eigenvalue weighted by molar-refractivity contribution is 5.36. The molecule has 5 heteroatoms. The van der Waals surface area contributed by atoms with Gasteiger partial charge < -0.3 is 5.32 Å². The van der Waals surface area contributed by atoms with Crippen LogP contribution in [-0.2, 0) is 6.54 Å². The first kappa shape index (κ1) is 11.3. The number of pyridine rings is 1. The van der Waals surface area contributed by atoms with Crippen molar-refractivity contribution >= 4 is 0 Å². The number of hydrogen-bond donors (Lipinski definition) is 1. The smallest absolute Gasteiger partial charge is 0.217 e. The molecule has 1 N–H and O–H groups in total. The van der Waals surface area contributed by atoms with Crippen LogP contribution in [0.3, 0.4) is 0 Å². The topological polar surface area (TPSA) is 66.5 Å². The van der Waals surface area contributed by atoms with E-state index in [1.54, 1.807) is 23.2 Å². The van der Waals surface area contributed by atoms with Gasteiger partial charge in [-0.1, -0.05) is 6.92 Å². The van der Waals surface area contributed by atoms with Gasteiger partial charge in [-0.3, -0.25) is 9.55 Å². The molecule has 0 aliphatic rings. The zero-order valence-electron chi connectivity index (χ0n) is 9.59. The lowest BCUT2D eigenvalue weighted by Gasteiger charge is -2.06. The molecule has 0 saturated carbocycles. The minimum Gasteiger partial charge on any atom is -0.313 e. The van der Waals surface area contributed by atoms with Crippen molar-refractivity contribution in [3.8, 4) is 11.8 Å². The fourth-order valence-corrected chi connectivity index (χ4v) is 1.57. The Labute approximate surface area is 99.7 Å². The number of nitrogens with one attached hydrogen (secondary N) is 1. The van der Waals surface area contributed by atoms with Gasteiger partial charge in [-0.2, -0.15) is 5.26 Å². The van der Waals surface area contributed by atoms with Gasteiger partial charge in [0.15, 0.2) is 0 Å². The molecule has 0 amide bonds. The predicted octanol–water partition coefficient (Wildman–Crippen LogP) is 1.25. The molecule has 86 valence electrons. The standard InChI is InChI=1S/C12H13N5/c1-2-14-7-10-5-11(9-15-8-10)17-4-3-16-12(17)6-13/h3-5,8-9,14H,2,7H2,1H3. The maximum Gasteiger partial charge on any atom is 0.217 e. The average Bonchev–Trinajstić information content (AvgIpc) is 2.85. The highest BCUT2D eigenvalue weighted by Crippen LogP contribution is 2.10. The zero-order chi connectivity index (χ0) is 12.1. The average molecular weight is 227 g/mol. The lowest BCUT2D eigenvalue weighted by molar-refractivity contribution is 0.723. The number of imidazole rings is 1. The number of rotatable bonds is 4. The summed E-state index contributed by atoms with van der Waals surface area (Å²) < 4.78 is 1.72. The lowest BCUT2D eigenvalue weighted by atomic mass is 10.2. The van der Waals surface area contributed by atoms with Gasteiger partial charge in [-0.25, -0.2) is 4.98 Å². The summed E-state index contributed by atoms with van der Waals surface area (Å²) in [6.07, 6.45) is 6.90. The van der Waals surface area contributed by atoms with E-state index in [2.05, 4.69) is 22.2 Å². The Bertz CT molecular complexity index is 538. The third-order valence-electron chi connectivity index (χ3n) is 2.38. The van der Waals surface area contributed by atoms with Crippen LogP contribution in [0, 0.1) is 11.3 Å². The molecule has 0 fully saturated rings. The molecule has 0 spiro atoms. The molecule has 0 atom stereocenters. The van der Waals surface area contributed by atoms with Gasteiger partial charge in [0, 0.05) is 25.1 Å². The van der Waals surface area contributed by atoms with Crippen molar-refractivity contribution in [3.63, 3.8) is 0 Å². The Morgan fingerprint density at radius 2 is 2.35 bits per heavy atom. The molecular formula is C12H13N5. The number of nitriles is 1. The van der Waals surface area contributed by atoms with E-state index >= 15 is 0 Å². The van der Waals surface area contributed by atoms with Crippen LogP contribution in [-0.4, -0.2) is 21.1 Å². The normalized spacial score (nSPS) is 10.1. The molecule has 0 aliphatic heterocycles. The first-order chi connectivity index (χ1) is 8.35. The van der Waals surface area contributed by atoms with E-state index in [4.69, 9.17) is 5.26 Å². The van der Waals surface area contributed by atoms with Crippen LogP contribution in [0.15, 0.2) is 30.9 Å². The molecule has 0 saturated heterocycles. The Balaban J connectivity index is 2.30. The van der Waals surface area contributed by atoms with Gasteiger partial charge in [-0.15, -0.1) is 0 Å². The highest BCUT2D eigenvalue weighted by Gasteiger charge is 2.04. The number of hydrogen-bond acceptors (Lipinski definition) is 4. The van der Waals surface area contributed by atoms with Crippen molar-refractivity contribution in [1.82, 2.24) is 19.9 Å². The maximum atomic E-state index is 8.91. The third-order valence-corrected chi connectivity index (χ3v) is 2.38. The van der Waals surface area contributed by atoms with Crippen molar-refractivity contribution in [3.05, 3.63) is 42.2 Å². The molecule has 5 nitrogen and oxygen atoms in total. The van der Waals surface area contributed by atoms with Crippen LogP contribution in [0.4, 0.5) is 0 Å². The molecule has 0 unspecified atom stereocenters. The van der Waals surface area contributed by atoms with Crippen molar-refractivity contribution in [2.24, 2.45) is 0 Å². The van der Waals surface area contributed by atoms with Gasteiger partial charge in [0.05, 0.1) is 11.9 Å². The summed E-state index contributed by atoms with van der Waals surface area (Å²) >= 11 is 0. The molecule has 2 aromatic heterocycles. The lowest BCUT2D eigenvalue weighted by Crippen LogP contribution is -2.12. The van der Waals surface area contributed by atoms with Crippen molar-refractivity contribution < 1.29 is 0 Å². The van der Waals surface area contributed by atoms with Gasteiger partial charge >= 0.3 is 0 Å². The minimum absolute atomic E-state index is 0.368. The quantitative estimate of drug-likeness (QED) is 0.853. The summed E-state index contributed by atoms with van der Waals surface area (Å²) in [6.45, 7) is 3.74.